The molecule has 3 saturated heterocycles. The van der Waals surface area contributed by atoms with Gasteiger partial charge in [0.05, 0.1) is 5.01 Å². The molecular formula is C13H22N4S. The molecule has 3 aliphatic heterocycles. The van der Waals surface area contributed by atoms with E-state index in [-0.39, 0.29) is 0 Å². The first-order valence-corrected chi connectivity index (χ1v) is 7.69. The molecule has 1 aromatic heterocycles. The smallest absolute Gasteiger partial charge is 0.0944 e. The van der Waals surface area contributed by atoms with E-state index in [1.54, 1.807) is 11.3 Å². The fourth-order valence-corrected chi connectivity index (χ4v) is 3.99. The minimum absolute atomic E-state index is 0.527. The second kappa shape index (κ2) is 5.25. The van der Waals surface area contributed by atoms with Crippen LogP contribution in [0.25, 0.3) is 0 Å². The fraction of sp³-hybridized carbons (Fsp3) is 0.769. The molecule has 3 fully saturated rings. The van der Waals surface area contributed by atoms with Crippen molar-refractivity contribution in [3.8, 4) is 0 Å². The van der Waals surface area contributed by atoms with Crippen molar-refractivity contribution < 1.29 is 0 Å². The highest BCUT2D eigenvalue weighted by Gasteiger charge is 2.36. The first-order valence-electron chi connectivity index (χ1n) is 6.81. The average molecular weight is 266 g/mol. The van der Waals surface area contributed by atoms with E-state index < -0.39 is 0 Å². The predicted molar refractivity (Wildman–Crippen MR) is 75.2 cm³/mol. The fourth-order valence-electron chi connectivity index (χ4n) is 3.15. The van der Waals surface area contributed by atoms with Gasteiger partial charge in [0.25, 0.3) is 0 Å². The van der Waals surface area contributed by atoms with Gasteiger partial charge in [-0.3, -0.25) is 9.80 Å². The maximum Gasteiger partial charge on any atom is 0.0944 e. The summed E-state index contributed by atoms with van der Waals surface area (Å²) in [5.74, 6) is 0. The zero-order chi connectivity index (χ0) is 12.5. The average Bonchev–Trinajstić information content (AvgIpc) is 2.83. The summed E-state index contributed by atoms with van der Waals surface area (Å²) in [6.45, 7) is 8.27. The zero-order valence-corrected chi connectivity index (χ0v) is 12.0. The van der Waals surface area contributed by atoms with E-state index in [0.717, 1.165) is 12.1 Å². The Balaban J connectivity index is 1.68. The van der Waals surface area contributed by atoms with Crippen molar-refractivity contribution in [3.05, 3.63) is 16.1 Å². The van der Waals surface area contributed by atoms with Crippen LogP contribution >= 0.6 is 11.3 Å². The molecule has 18 heavy (non-hydrogen) atoms. The Bertz CT molecular complexity index is 397. The lowest BCUT2D eigenvalue weighted by Crippen LogP contribution is -2.66. The molecule has 2 atom stereocenters. The van der Waals surface area contributed by atoms with Crippen molar-refractivity contribution >= 4 is 11.3 Å². The van der Waals surface area contributed by atoms with Gasteiger partial charge in [-0.25, -0.2) is 4.98 Å². The van der Waals surface area contributed by atoms with Gasteiger partial charge in [-0.1, -0.05) is 0 Å². The van der Waals surface area contributed by atoms with E-state index in [1.165, 1.54) is 37.7 Å². The summed E-state index contributed by atoms with van der Waals surface area (Å²) in [6.07, 6.45) is 1.06. The molecule has 4 rings (SSSR count). The largest absolute Gasteiger partial charge is 0.315 e. The number of fused-ring (bicyclic) bond motifs is 3. The third-order valence-corrected chi connectivity index (χ3v) is 5.21. The maximum atomic E-state index is 4.60. The number of piperazine rings is 3. The lowest BCUT2D eigenvalue weighted by molar-refractivity contribution is -0.00202. The summed E-state index contributed by atoms with van der Waals surface area (Å²) in [5.41, 5.74) is 1.15. The zero-order valence-electron chi connectivity index (χ0n) is 11.2. The maximum absolute atomic E-state index is 4.60. The molecule has 4 heterocycles. The number of aryl methyl sites for hydroxylation is 1. The molecule has 3 aliphatic rings. The highest BCUT2D eigenvalue weighted by Crippen LogP contribution is 2.21. The lowest BCUT2D eigenvalue weighted by atomic mass is 9.98. The van der Waals surface area contributed by atoms with Crippen LogP contribution in [0.5, 0.6) is 0 Å². The molecule has 1 N–H and O–H groups in total. The van der Waals surface area contributed by atoms with Crippen LogP contribution in [-0.2, 0) is 6.42 Å². The Morgan fingerprint density at radius 1 is 1.44 bits per heavy atom. The normalized spacial score (nSPS) is 32.7. The molecule has 0 aliphatic carbocycles. The topological polar surface area (TPSA) is 31.4 Å². The van der Waals surface area contributed by atoms with Crippen molar-refractivity contribution in [1.29, 1.82) is 0 Å². The van der Waals surface area contributed by atoms with Gasteiger partial charge in [-0.15, -0.1) is 11.3 Å². The Labute approximate surface area is 113 Å². The van der Waals surface area contributed by atoms with Crippen LogP contribution in [0.4, 0.5) is 0 Å². The van der Waals surface area contributed by atoms with Crippen LogP contribution in [0, 0.1) is 6.92 Å². The molecule has 0 saturated carbocycles. The Kier molecular flexibility index (Phi) is 3.66. The van der Waals surface area contributed by atoms with Gasteiger partial charge in [-0.2, -0.15) is 0 Å². The highest BCUT2D eigenvalue weighted by molar-refractivity contribution is 7.09. The molecular weight excluding hydrogens is 244 g/mol. The van der Waals surface area contributed by atoms with E-state index in [2.05, 4.69) is 39.5 Å². The minimum atomic E-state index is 0.527. The molecule has 0 amide bonds. The Hall–Kier alpha value is -0.490. The molecule has 2 bridgehead atoms. The van der Waals surface area contributed by atoms with Crippen LogP contribution in [0.15, 0.2) is 5.38 Å². The number of hydrogen-bond acceptors (Lipinski definition) is 5. The Morgan fingerprint density at radius 2 is 2.22 bits per heavy atom. The molecule has 1 aromatic rings. The minimum Gasteiger partial charge on any atom is -0.315 e. The number of rotatable bonds is 4. The van der Waals surface area contributed by atoms with Gasteiger partial charge in [0.1, 0.15) is 0 Å². The van der Waals surface area contributed by atoms with Crippen molar-refractivity contribution in [1.82, 2.24) is 20.1 Å². The van der Waals surface area contributed by atoms with E-state index in [9.17, 15) is 0 Å². The Morgan fingerprint density at radius 3 is 2.72 bits per heavy atom. The quantitative estimate of drug-likeness (QED) is 0.864. The SMILES string of the molecule is CNC(Cc1nc(C)cs1)C1CN2CCN1CC2. The summed E-state index contributed by atoms with van der Waals surface area (Å²) in [4.78, 5) is 9.86. The number of aromatic nitrogens is 1. The molecule has 4 nitrogen and oxygen atoms in total. The molecule has 0 spiro atoms. The van der Waals surface area contributed by atoms with E-state index in [0.29, 0.717) is 12.1 Å². The predicted octanol–water partition coefficient (Wildman–Crippen LogP) is 0.582. The number of likely N-dealkylation sites (N-methyl/N-ethyl adjacent to an activating group) is 1. The first kappa shape index (κ1) is 12.5. The molecule has 2 unspecified atom stereocenters. The van der Waals surface area contributed by atoms with Crippen LogP contribution in [0.1, 0.15) is 10.7 Å². The van der Waals surface area contributed by atoms with Crippen LogP contribution in [0.2, 0.25) is 0 Å². The van der Waals surface area contributed by atoms with Gasteiger partial charge in [0.2, 0.25) is 0 Å². The van der Waals surface area contributed by atoms with Crippen LogP contribution in [0.3, 0.4) is 0 Å². The monoisotopic (exact) mass is 266 g/mol. The standard InChI is InChI=1S/C13H22N4S/c1-10-9-18-13(15-10)7-11(14-2)12-8-16-3-5-17(12)6-4-16/h9,11-12,14H,3-8H2,1-2H3. The first-order chi connectivity index (χ1) is 8.76. The van der Waals surface area contributed by atoms with E-state index in [1.807, 2.05) is 0 Å². The number of thiazole rings is 1. The third-order valence-electron chi connectivity index (χ3n) is 4.22. The summed E-state index contributed by atoms with van der Waals surface area (Å²) >= 11 is 1.79. The second-order valence-electron chi connectivity index (χ2n) is 5.39. The lowest BCUT2D eigenvalue weighted by Gasteiger charge is -2.50. The van der Waals surface area contributed by atoms with Gasteiger partial charge < -0.3 is 5.32 Å². The molecule has 5 heteroatoms. The number of nitrogens with one attached hydrogen (secondary N) is 1. The third kappa shape index (κ3) is 2.45. The van der Waals surface area contributed by atoms with Gasteiger partial charge in [0, 0.05) is 62.3 Å². The van der Waals surface area contributed by atoms with Gasteiger partial charge in [0.15, 0.2) is 0 Å². The van der Waals surface area contributed by atoms with Crippen molar-refractivity contribution in [2.75, 3.05) is 39.8 Å². The number of hydrogen-bond donors (Lipinski definition) is 1. The molecule has 100 valence electrons. The van der Waals surface area contributed by atoms with Crippen molar-refractivity contribution in [2.24, 2.45) is 0 Å². The van der Waals surface area contributed by atoms with Crippen LogP contribution < -0.4 is 5.32 Å². The van der Waals surface area contributed by atoms with E-state index in [4.69, 9.17) is 0 Å². The summed E-state index contributed by atoms with van der Waals surface area (Å²) in [7, 11) is 2.09. The highest BCUT2D eigenvalue weighted by atomic mass is 32.1. The van der Waals surface area contributed by atoms with Crippen LogP contribution in [-0.4, -0.2) is 66.6 Å². The number of nitrogens with zero attached hydrogens (tertiary/aromatic N) is 3. The van der Waals surface area contributed by atoms with E-state index >= 15 is 0 Å². The van der Waals surface area contributed by atoms with Crippen molar-refractivity contribution in [2.45, 2.75) is 25.4 Å². The van der Waals surface area contributed by atoms with Gasteiger partial charge >= 0.3 is 0 Å². The summed E-state index contributed by atoms with van der Waals surface area (Å²) in [5, 5.41) is 6.93. The van der Waals surface area contributed by atoms with Gasteiger partial charge in [-0.05, 0) is 14.0 Å². The van der Waals surface area contributed by atoms with Crippen molar-refractivity contribution in [3.63, 3.8) is 0 Å². The second-order valence-corrected chi connectivity index (χ2v) is 6.33. The summed E-state index contributed by atoms with van der Waals surface area (Å²) < 4.78 is 0. The summed E-state index contributed by atoms with van der Waals surface area (Å²) in [6, 6.07) is 1.18. The molecule has 0 radical (unpaired) electrons. The molecule has 0 aromatic carbocycles.